The molecule has 0 spiro atoms. The van der Waals surface area contributed by atoms with E-state index in [1.54, 1.807) is 12.1 Å². The molecule has 4 heteroatoms. The van der Waals surface area contributed by atoms with E-state index in [-0.39, 0.29) is 5.69 Å². The van der Waals surface area contributed by atoms with Crippen LogP contribution in [-0.4, -0.2) is 33.5 Å². The maximum absolute atomic E-state index is 11.0. The average Bonchev–Trinajstić information content (AvgIpc) is 3.09. The summed E-state index contributed by atoms with van der Waals surface area (Å²) in [5.74, 6) is -0.0965. The van der Waals surface area contributed by atoms with Gasteiger partial charge in [-0.15, -0.1) is 0 Å². The van der Waals surface area contributed by atoms with E-state index >= 15 is 0 Å². The van der Waals surface area contributed by atoms with Crippen LogP contribution in [0.4, 0.5) is 0 Å². The van der Waals surface area contributed by atoms with Gasteiger partial charge in [-0.25, -0.2) is 9.78 Å². The van der Waals surface area contributed by atoms with Gasteiger partial charge >= 0.3 is 5.97 Å². The van der Waals surface area contributed by atoms with Gasteiger partial charge < -0.3 is 5.11 Å². The predicted octanol–water partition coefficient (Wildman–Crippen LogP) is 2.93. The van der Waals surface area contributed by atoms with Gasteiger partial charge in [0.15, 0.2) is 0 Å². The van der Waals surface area contributed by atoms with Crippen molar-refractivity contribution in [1.29, 1.82) is 0 Å². The Morgan fingerprint density at radius 1 is 1.25 bits per heavy atom. The van der Waals surface area contributed by atoms with Gasteiger partial charge in [-0.1, -0.05) is 18.9 Å². The fourth-order valence-electron chi connectivity index (χ4n) is 3.82. The molecule has 1 atom stereocenters. The van der Waals surface area contributed by atoms with Gasteiger partial charge in [0.2, 0.25) is 0 Å². The molecule has 0 bridgehead atoms. The van der Waals surface area contributed by atoms with Crippen molar-refractivity contribution in [3.63, 3.8) is 0 Å². The number of carboxylic acids is 1. The zero-order valence-electron chi connectivity index (χ0n) is 11.8. The van der Waals surface area contributed by atoms with Crippen molar-refractivity contribution >= 4 is 5.97 Å². The first-order valence-electron chi connectivity index (χ1n) is 7.67. The number of likely N-dealkylation sites (tertiary alicyclic amines) is 1. The Morgan fingerprint density at radius 2 is 2.05 bits per heavy atom. The topological polar surface area (TPSA) is 53.4 Å². The van der Waals surface area contributed by atoms with Crippen LogP contribution < -0.4 is 0 Å². The van der Waals surface area contributed by atoms with Crippen LogP contribution in [0.25, 0.3) is 0 Å². The van der Waals surface area contributed by atoms with Crippen molar-refractivity contribution in [3.05, 3.63) is 29.6 Å². The number of aromatic carboxylic acids is 1. The van der Waals surface area contributed by atoms with Crippen LogP contribution in [0, 0.1) is 5.92 Å². The van der Waals surface area contributed by atoms with Crippen molar-refractivity contribution in [1.82, 2.24) is 9.88 Å². The summed E-state index contributed by atoms with van der Waals surface area (Å²) in [4.78, 5) is 17.8. The molecular weight excluding hydrogens is 252 g/mol. The molecule has 1 aromatic rings. The molecule has 4 nitrogen and oxygen atoms in total. The Hall–Kier alpha value is -1.42. The summed E-state index contributed by atoms with van der Waals surface area (Å²) in [5, 5.41) is 9.02. The summed E-state index contributed by atoms with van der Waals surface area (Å²) >= 11 is 0. The quantitative estimate of drug-likeness (QED) is 0.917. The minimum Gasteiger partial charge on any atom is -0.477 e. The van der Waals surface area contributed by atoms with E-state index < -0.39 is 5.97 Å². The number of carbonyl (C=O) groups is 1. The number of hydrogen-bond acceptors (Lipinski definition) is 3. The van der Waals surface area contributed by atoms with E-state index in [0.717, 1.165) is 24.7 Å². The van der Waals surface area contributed by atoms with Crippen molar-refractivity contribution in [3.8, 4) is 0 Å². The smallest absolute Gasteiger partial charge is 0.354 e. The Kier molecular flexibility index (Phi) is 4.01. The normalized spacial score (nSPS) is 24.3. The zero-order valence-corrected chi connectivity index (χ0v) is 11.8. The third kappa shape index (κ3) is 2.85. The van der Waals surface area contributed by atoms with Crippen LogP contribution in [0.2, 0.25) is 0 Å². The first-order valence-corrected chi connectivity index (χ1v) is 7.67. The molecule has 2 fully saturated rings. The number of carboxylic acid groups (broad SMARTS) is 1. The molecule has 2 aliphatic rings. The third-order valence-electron chi connectivity index (χ3n) is 4.75. The fraction of sp³-hybridized carbons (Fsp3) is 0.625. The number of pyridine rings is 1. The summed E-state index contributed by atoms with van der Waals surface area (Å²) in [6.07, 6.45) is 8.04. The summed E-state index contributed by atoms with van der Waals surface area (Å²) in [7, 11) is 0. The monoisotopic (exact) mass is 274 g/mol. The van der Waals surface area contributed by atoms with Crippen LogP contribution in [0.3, 0.4) is 0 Å². The van der Waals surface area contributed by atoms with Gasteiger partial charge in [0.25, 0.3) is 0 Å². The molecule has 0 amide bonds. The minimum atomic E-state index is -0.944. The van der Waals surface area contributed by atoms with Gasteiger partial charge in [-0.05, 0) is 50.3 Å². The molecule has 1 saturated heterocycles. The molecular formula is C16H22N2O2. The number of hydrogen-bond donors (Lipinski definition) is 1. The minimum absolute atomic E-state index is 0.152. The van der Waals surface area contributed by atoms with Gasteiger partial charge in [-0.3, -0.25) is 4.90 Å². The van der Waals surface area contributed by atoms with Crippen LogP contribution >= 0.6 is 0 Å². The highest BCUT2D eigenvalue weighted by molar-refractivity contribution is 5.85. The highest BCUT2D eigenvalue weighted by Crippen LogP contribution is 2.35. The molecule has 1 aromatic heterocycles. The molecule has 1 N–H and O–H groups in total. The maximum Gasteiger partial charge on any atom is 0.354 e. The van der Waals surface area contributed by atoms with Crippen LogP contribution in [0.1, 0.15) is 54.7 Å². The molecule has 20 heavy (non-hydrogen) atoms. The van der Waals surface area contributed by atoms with Crippen molar-refractivity contribution in [2.24, 2.45) is 5.92 Å². The first-order chi connectivity index (χ1) is 9.74. The molecule has 2 heterocycles. The summed E-state index contributed by atoms with van der Waals surface area (Å²) in [6.45, 7) is 1.92. The Morgan fingerprint density at radius 3 is 2.80 bits per heavy atom. The lowest BCUT2D eigenvalue weighted by atomic mass is 9.96. The number of nitrogens with zero attached hydrogens (tertiary/aromatic N) is 2. The SMILES string of the molecule is O=C(O)c1cccc(CN2CCCC2C2CCCC2)n1. The lowest BCUT2D eigenvalue weighted by Gasteiger charge is -2.29. The molecule has 3 rings (SSSR count). The lowest BCUT2D eigenvalue weighted by molar-refractivity contribution is 0.0689. The second kappa shape index (κ2) is 5.92. The molecule has 1 saturated carbocycles. The van der Waals surface area contributed by atoms with Crippen LogP contribution in [-0.2, 0) is 6.54 Å². The Balaban J connectivity index is 1.69. The van der Waals surface area contributed by atoms with Gasteiger partial charge in [0.05, 0.1) is 5.69 Å². The largest absolute Gasteiger partial charge is 0.477 e. The van der Waals surface area contributed by atoms with E-state index in [9.17, 15) is 4.79 Å². The van der Waals surface area contributed by atoms with Crippen molar-refractivity contribution in [2.45, 2.75) is 51.1 Å². The Labute approximate surface area is 119 Å². The van der Waals surface area contributed by atoms with Gasteiger partial charge in [-0.2, -0.15) is 0 Å². The van der Waals surface area contributed by atoms with Crippen molar-refractivity contribution < 1.29 is 9.90 Å². The third-order valence-corrected chi connectivity index (χ3v) is 4.75. The van der Waals surface area contributed by atoms with Crippen LogP contribution in [0.15, 0.2) is 18.2 Å². The van der Waals surface area contributed by atoms with E-state index in [0.29, 0.717) is 6.04 Å². The van der Waals surface area contributed by atoms with E-state index in [4.69, 9.17) is 5.11 Å². The highest BCUT2D eigenvalue weighted by Gasteiger charge is 2.33. The van der Waals surface area contributed by atoms with E-state index in [2.05, 4.69) is 9.88 Å². The maximum atomic E-state index is 11.0. The Bertz CT molecular complexity index is 483. The first kappa shape index (κ1) is 13.6. The number of rotatable bonds is 4. The lowest BCUT2D eigenvalue weighted by Crippen LogP contribution is -2.34. The van der Waals surface area contributed by atoms with Crippen molar-refractivity contribution in [2.75, 3.05) is 6.54 Å². The molecule has 108 valence electrons. The van der Waals surface area contributed by atoms with Gasteiger partial charge in [0, 0.05) is 12.6 Å². The molecule has 1 aliphatic carbocycles. The number of aromatic nitrogens is 1. The fourth-order valence-corrected chi connectivity index (χ4v) is 3.82. The zero-order chi connectivity index (χ0) is 13.9. The second-order valence-corrected chi connectivity index (χ2v) is 6.04. The molecule has 0 aromatic carbocycles. The molecule has 1 unspecified atom stereocenters. The van der Waals surface area contributed by atoms with Crippen LogP contribution in [0.5, 0.6) is 0 Å². The molecule has 1 aliphatic heterocycles. The second-order valence-electron chi connectivity index (χ2n) is 6.04. The van der Waals surface area contributed by atoms with Gasteiger partial charge in [0.1, 0.15) is 5.69 Å². The highest BCUT2D eigenvalue weighted by atomic mass is 16.4. The van der Waals surface area contributed by atoms with E-state index in [1.807, 2.05) is 6.07 Å². The molecule has 0 radical (unpaired) electrons. The summed E-state index contributed by atoms with van der Waals surface area (Å²) < 4.78 is 0. The summed E-state index contributed by atoms with van der Waals surface area (Å²) in [6, 6.07) is 5.99. The predicted molar refractivity (Wildman–Crippen MR) is 76.6 cm³/mol. The van der Waals surface area contributed by atoms with E-state index in [1.165, 1.54) is 38.5 Å². The average molecular weight is 274 g/mol. The standard InChI is InChI=1S/C16H22N2O2/c19-16(20)14-8-3-7-13(17-14)11-18-10-4-9-15(18)12-5-1-2-6-12/h3,7-8,12,15H,1-2,4-6,9-11H2,(H,19,20). The summed E-state index contributed by atoms with van der Waals surface area (Å²) in [5.41, 5.74) is 1.04.